The lowest BCUT2D eigenvalue weighted by atomic mass is 10.1. The fourth-order valence-electron chi connectivity index (χ4n) is 3.87. The van der Waals surface area contributed by atoms with Gasteiger partial charge in [0.05, 0.1) is 12.2 Å². The van der Waals surface area contributed by atoms with Crippen molar-refractivity contribution >= 4 is 11.8 Å². The molecule has 0 radical (unpaired) electrons. The molecule has 0 unspecified atom stereocenters. The minimum Gasteiger partial charge on any atom is -0.335 e. The standard InChI is InChI=1S/C24H26N4O2/c1-18-15-19(2)28(25-18)17-20-7-6-10-22(16-20)24(30)27-13-11-26(12-14-27)23(29)21-8-4-3-5-9-21/h3-10,15-16H,11-14,17H2,1-2H3. The van der Waals surface area contributed by atoms with Gasteiger partial charge in [-0.25, -0.2) is 0 Å². The molecular weight excluding hydrogens is 376 g/mol. The second kappa shape index (κ2) is 8.53. The molecule has 2 amide bonds. The first-order valence-electron chi connectivity index (χ1n) is 10.2. The summed E-state index contributed by atoms with van der Waals surface area (Å²) in [5.74, 6) is 0.0339. The number of amides is 2. The number of rotatable bonds is 4. The molecule has 1 aliphatic rings. The highest BCUT2D eigenvalue weighted by molar-refractivity contribution is 5.96. The van der Waals surface area contributed by atoms with E-state index >= 15 is 0 Å². The van der Waals surface area contributed by atoms with Gasteiger partial charge in [-0.3, -0.25) is 14.3 Å². The van der Waals surface area contributed by atoms with Crippen LogP contribution in [0.4, 0.5) is 0 Å². The summed E-state index contributed by atoms with van der Waals surface area (Å²) in [6.45, 7) is 6.82. The Kier molecular flexibility index (Phi) is 5.65. The zero-order chi connectivity index (χ0) is 21.1. The third kappa shape index (κ3) is 4.27. The molecule has 2 aromatic carbocycles. The number of piperazine rings is 1. The molecule has 6 heteroatoms. The van der Waals surface area contributed by atoms with Crippen LogP contribution in [-0.2, 0) is 6.54 Å². The van der Waals surface area contributed by atoms with Crippen LogP contribution in [0.3, 0.4) is 0 Å². The van der Waals surface area contributed by atoms with Crippen molar-refractivity contribution in [2.24, 2.45) is 0 Å². The number of hydrogen-bond acceptors (Lipinski definition) is 3. The first-order valence-corrected chi connectivity index (χ1v) is 10.2. The minimum absolute atomic E-state index is 0.0111. The van der Waals surface area contributed by atoms with E-state index in [1.54, 1.807) is 0 Å². The van der Waals surface area contributed by atoms with Crippen molar-refractivity contribution in [1.29, 1.82) is 0 Å². The molecule has 30 heavy (non-hydrogen) atoms. The van der Waals surface area contributed by atoms with Crippen LogP contribution in [0.15, 0.2) is 60.7 Å². The quantitative estimate of drug-likeness (QED) is 0.674. The highest BCUT2D eigenvalue weighted by Crippen LogP contribution is 2.14. The van der Waals surface area contributed by atoms with E-state index in [9.17, 15) is 9.59 Å². The third-order valence-corrected chi connectivity index (χ3v) is 5.48. The predicted octanol–water partition coefficient (Wildman–Crippen LogP) is 3.15. The van der Waals surface area contributed by atoms with Crippen molar-refractivity contribution in [2.75, 3.05) is 26.2 Å². The Morgan fingerprint density at radius 2 is 1.40 bits per heavy atom. The lowest BCUT2D eigenvalue weighted by molar-refractivity contribution is 0.0535. The number of aromatic nitrogens is 2. The SMILES string of the molecule is Cc1cc(C)n(Cc2cccc(C(=O)N3CCN(C(=O)c4ccccc4)CC3)c2)n1. The van der Waals surface area contributed by atoms with Crippen molar-refractivity contribution in [2.45, 2.75) is 20.4 Å². The summed E-state index contributed by atoms with van der Waals surface area (Å²) in [7, 11) is 0. The molecule has 6 nitrogen and oxygen atoms in total. The fraction of sp³-hybridized carbons (Fsp3) is 0.292. The Morgan fingerprint density at radius 1 is 0.800 bits per heavy atom. The number of benzene rings is 2. The Balaban J connectivity index is 1.39. The number of hydrogen-bond donors (Lipinski definition) is 0. The van der Waals surface area contributed by atoms with Crippen molar-refractivity contribution in [3.63, 3.8) is 0 Å². The van der Waals surface area contributed by atoms with E-state index in [1.165, 1.54) is 0 Å². The Hall–Kier alpha value is -3.41. The van der Waals surface area contributed by atoms with Crippen LogP contribution in [0, 0.1) is 13.8 Å². The summed E-state index contributed by atoms with van der Waals surface area (Å²) < 4.78 is 1.95. The van der Waals surface area contributed by atoms with E-state index in [-0.39, 0.29) is 11.8 Å². The summed E-state index contributed by atoms with van der Waals surface area (Å²) in [6, 6.07) is 19.1. The van der Waals surface area contributed by atoms with Gasteiger partial charge < -0.3 is 9.80 Å². The Bertz CT molecular complexity index is 1050. The lowest BCUT2D eigenvalue weighted by Crippen LogP contribution is -2.50. The van der Waals surface area contributed by atoms with E-state index in [0.717, 1.165) is 17.0 Å². The summed E-state index contributed by atoms with van der Waals surface area (Å²) >= 11 is 0. The van der Waals surface area contributed by atoms with Crippen molar-refractivity contribution in [3.05, 3.63) is 88.7 Å². The average Bonchev–Trinajstić information content (AvgIpc) is 3.10. The van der Waals surface area contributed by atoms with Gasteiger partial charge in [0.15, 0.2) is 0 Å². The molecule has 4 rings (SSSR count). The molecule has 1 aliphatic heterocycles. The largest absolute Gasteiger partial charge is 0.335 e. The van der Waals surface area contributed by atoms with Crippen molar-refractivity contribution in [1.82, 2.24) is 19.6 Å². The second-order valence-electron chi connectivity index (χ2n) is 7.74. The molecule has 1 fully saturated rings. The van der Waals surface area contributed by atoms with Gasteiger partial charge in [-0.05, 0) is 49.7 Å². The number of aryl methyl sites for hydroxylation is 2. The summed E-state index contributed by atoms with van der Waals surface area (Å²) in [5.41, 5.74) is 4.50. The normalized spacial score (nSPS) is 14.1. The van der Waals surface area contributed by atoms with Crippen LogP contribution in [0.1, 0.15) is 37.7 Å². The monoisotopic (exact) mass is 402 g/mol. The van der Waals surface area contributed by atoms with Gasteiger partial charge in [0.25, 0.3) is 11.8 Å². The molecule has 0 atom stereocenters. The van der Waals surface area contributed by atoms with E-state index in [1.807, 2.05) is 89.0 Å². The molecule has 1 saturated heterocycles. The molecule has 0 aliphatic carbocycles. The van der Waals surface area contributed by atoms with E-state index in [4.69, 9.17) is 0 Å². The third-order valence-electron chi connectivity index (χ3n) is 5.48. The van der Waals surface area contributed by atoms with Crippen LogP contribution in [0.5, 0.6) is 0 Å². The van der Waals surface area contributed by atoms with E-state index < -0.39 is 0 Å². The minimum atomic E-state index is 0.0111. The van der Waals surface area contributed by atoms with Crippen LogP contribution in [0.2, 0.25) is 0 Å². The summed E-state index contributed by atoms with van der Waals surface area (Å²) in [4.78, 5) is 29.3. The van der Waals surface area contributed by atoms with Gasteiger partial charge in [-0.2, -0.15) is 5.10 Å². The lowest BCUT2D eigenvalue weighted by Gasteiger charge is -2.35. The highest BCUT2D eigenvalue weighted by Gasteiger charge is 2.25. The average molecular weight is 402 g/mol. The topological polar surface area (TPSA) is 58.4 Å². The Morgan fingerprint density at radius 3 is 2.00 bits per heavy atom. The molecule has 1 aromatic heterocycles. The molecule has 3 aromatic rings. The molecule has 0 spiro atoms. The van der Waals surface area contributed by atoms with Gasteiger partial charge in [0, 0.05) is 43.0 Å². The van der Waals surface area contributed by atoms with Gasteiger partial charge in [0.2, 0.25) is 0 Å². The molecule has 154 valence electrons. The molecule has 2 heterocycles. The van der Waals surface area contributed by atoms with Gasteiger partial charge in [0.1, 0.15) is 0 Å². The van der Waals surface area contributed by atoms with Crippen LogP contribution >= 0.6 is 0 Å². The second-order valence-corrected chi connectivity index (χ2v) is 7.74. The van der Waals surface area contributed by atoms with Crippen LogP contribution < -0.4 is 0 Å². The molecular formula is C24H26N4O2. The van der Waals surface area contributed by atoms with E-state index in [2.05, 4.69) is 5.10 Å². The number of carbonyl (C=O) groups excluding carboxylic acids is 2. The zero-order valence-electron chi connectivity index (χ0n) is 17.4. The zero-order valence-corrected chi connectivity index (χ0v) is 17.4. The summed E-state index contributed by atoms with van der Waals surface area (Å²) in [5, 5.41) is 4.50. The van der Waals surface area contributed by atoms with Crippen molar-refractivity contribution in [3.8, 4) is 0 Å². The maximum Gasteiger partial charge on any atom is 0.253 e. The maximum atomic E-state index is 13.0. The fourth-order valence-corrected chi connectivity index (χ4v) is 3.87. The van der Waals surface area contributed by atoms with Crippen molar-refractivity contribution < 1.29 is 9.59 Å². The van der Waals surface area contributed by atoms with Gasteiger partial charge in [-0.1, -0.05) is 30.3 Å². The summed E-state index contributed by atoms with van der Waals surface area (Å²) in [6.07, 6.45) is 0. The maximum absolute atomic E-state index is 13.0. The van der Waals surface area contributed by atoms with Crippen LogP contribution in [0.25, 0.3) is 0 Å². The van der Waals surface area contributed by atoms with E-state index in [0.29, 0.717) is 43.9 Å². The molecule has 0 bridgehead atoms. The number of carbonyl (C=O) groups is 2. The van der Waals surface area contributed by atoms with Gasteiger partial charge >= 0.3 is 0 Å². The first kappa shape index (κ1) is 19.9. The molecule has 0 N–H and O–H groups in total. The molecule has 0 saturated carbocycles. The smallest absolute Gasteiger partial charge is 0.253 e. The first-order chi connectivity index (χ1) is 14.5. The van der Waals surface area contributed by atoms with Gasteiger partial charge in [-0.15, -0.1) is 0 Å². The highest BCUT2D eigenvalue weighted by atomic mass is 16.2. The Labute approximate surface area is 176 Å². The predicted molar refractivity (Wildman–Crippen MR) is 115 cm³/mol. The number of nitrogens with zero attached hydrogens (tertiary/aromatic N) is 4. The van der Waals surface area contributed by atoms with Crippen LogP contribution in [-0.4, -0.2) is 57.6 Å².